The van der Waals surface area contributed by atoms with Gasteiger partial charge in [0.25, 0.3) is 10.2 Å². The molecule has 0 aliphatic carbocycles. The molecule has 0 spiro atoms. The minimum Gasteiger partial charge on any atom is -0.385 e. The van der Waals surface area contributed by atoms with Crippen LogP contribution in [0.5, 0.6) is 0 Å². The second kappa shape index (κ2) is 7.27. The Morgan fingerprint density at radius 1 is 1.47 bits per heavy atom. The summed E-state index contributed by atoms with van der Waals surface area (Å²) >= 11 is 0. The van der Waals surface area contributed by atoms with Gasteiger partial charge in [0.15, 0.2) is 0 Å². The maximum Gasteiger partial charge on any atom is 0.279 e. The molecule has 1 saturated heterocycles. The second-order valence-electron chi connectivity index (χ2n) is 4.24. The van der Waals surface area contributed by atoms with Crippen LogP contribution in [0.3, 0.4) is 0 Å². The summed E-state index contributed by atoms with van der Waals surface area (Å²) in [6.45, 7) is 1.92. The lowest BCUT2D eigenvalue weighted by Gasteiger charge is -2.33. The van der Waals surface area contributed by atoms with Crippen molar-refractivity contribution in [1.82, 2.24) is 9.03 Å². The molecule has 0 amide bonds. The average Bonchev–Trinajstić information content (AvgIpc) is 2.34. The van der Waals surface area contributed by atoms with Crippen molar-refractivity contribution in [3.63, 3.8) is 0 Å². The van der Waals surface area contributed by atoms with Gasteiger partial charge in [-0.3, -0.25) is 0 Å². The Labute approximate surface area is 104 Å². The Hall–Kier alpha value is -0.210. The number of piperidine rings is 1. The molecule has 1 aliphatic heterocycles. The third-order valence-electron chi connectivity index (χ3n) is 2.96. The van der Waals surface area contributed by atoms with Crippen molar-refractivity contribution < 1.29 is 13.2 Å². The van der Waals surface area contributed by atoms with Gasteiger partial charge in [-0.1, -0.05) is 6.42 Å². The van der Waals surface area contributed by atoms with Gasteiger partial charge in [-0.15, -0.1) is 0 Å². The van der Waals surface area contributed by atoms with Gasteiger partial charge in [0.05, 0.1) is 0 Å². The maximum atomic E-state index is 12.0. The van der Waals surface area contributed by atoms with Crippen LogP contribution in [0.1, 0.15) is 25.7 Å². The van der Waals surface area contributed by atoms with E-state index in [2.05, 4.69) is 4.72 Å². The Morgan fingerprint density at radius 3 is 2.88 bits per heavy atom. The standard InChI is InChI=1S/C10H23N3O3S/c1-16-8-4-6-12-17(14,15)13-7-3-2-5-10(13)9-11/h10,12H,2-9,11H2,1H3. The van der Waals surface area contributed by atoms with Crippen molar-refractivity contribution >= 4 is 10.2 Å². The van der Waals surface area contributed by atoms with Crippen LogP contribution in [0.4, 0.5) is 0 Å². The van der Waals surface area contributed by atoms with Gasteiger partial charge in [0.2, 0.25) is 0 Å². The van der Waals surface area contributed by atoms with E-state index in [1.54, 1.807) is 7.11 Å². The highest BCUT2D eigenvalue weighted by atomic mass is 32.2. The van der Waals surface area contributed by atoms with Gasteiger partial charge in [0.1, 0.15) is 0 Å². The molecular formula is C10H23N3O3S. The highest BCUT2D eigenvalue weighted by Gasteiger charge is 2.30. The molecule has 1 heterocycles. The van der Waals surface area contributed by atoms with Gasteiger partial charge in [-0.2, -0.15) is 12.7 Å². The minimum absolute atomic E-state index is 0.0522. The van der Waals surface area contributed by atoms with Crippen LogP contribution in [-0.4, -0.2) is 52.1 Å². The third kappa shape index (κ3) is 4.51. The Morgan fingerprint density at radius 2 is 2.24 bits per heavy atom. The zero-order valence-electron chi connectivity index (χ0n) is 10.4. The molecule has 102 valence electrons. The van der Waals surface area contributed by atoms with Crippen LogP contribution in [0.15, 0.2) is 0 Å². The smallest absolute Gasteiger partial charge is 0.279 e. The minimum atomic E-state index is -3.38. The summed E-state index contributed by atoms with van der Waals surface area (Å²) in [5.74, 6) is 0. The number of methoxy groups -OCH3 is 1. The van der Waals surface area contributed by atoms with Crippen LogP contribution < -0.4 is 10.5 Å². The molecule has 1 fully saturated rings. The zero-order valence-corrected chi connectivity index (χ0v) is 11.2. The summed E-state index contributed by atoms with van der Waals surface area (Å²) in [6.07, 6.45) is 3.50. The first-order valence-electron chi connectivity index (χ1n) is 6.07. The van der Waals surface area contributed by atoms with E-state index in [0.29, 0.717) is 32.7 Å². The lowest BCUT2D eigenvalue weighted by Crippen LogP contribution is -2.51. The van der Waals surface area contributed by atoms with Gasteiger partial charge >= 0.3 is 0 Å². The van der Waals surface area contributed by atoms with Gasteiger partial charge in [-0.25, -0.2) is 4.72 Å². The number of ether oxygens (including phenoxy) is 1. The predicted octanol–water partition coefficient (Wildman–Crippen LogP) is -0.329. The van der Waals surface area contributed by atoms with Crippen molar-refractivity contribution in [2.24, 2.45) is 5.73 Å². The normalized spacial score (nSPS) is 22.8. The molecule has 1 unspecified atom stereocenters. The molecule has 0 bridgehead atoms. The van der Waals surface area contributed by atoms with E-state index >= 15 is 0 Å². The highest BCUT2D eigenvalue weighted by molar-refractivity contribution is 7.87. The molecule has 3 N–H and O–H groups in total. The van der Waals surface area contributed by atoms with E-state index in [0.717, 1.165) is 19.3 Å². The summed E-state index contributed by atoms with van der Waals surface area (Å²) < 4.78 is 33.0. The quantitative estimate of drug-likeness (QED) is 0.617. The van der Waals surface area contributed by atoms with Crippen LogP contribution >= 0.6 is 0 Å². The SMILES string of the molecule is COCCCNS(=O)(=O)N1CCCCC1CN. The van der Waals surface area contributed by atoms with Crippen molar-refractivity contribution in [3.8, 4) is 0 Å². The monoisotopic (exact) mass is 265 g/mol. The molecule has 17 heavy (non-hydrogen) atoms. The molecule has 0 saturated carbocycles. The summed E-state index contributed by atoms with van der Waals surface area (Å²) in [6, 6.07) is -0.0522. The number of hydrogen-bond donors (Lipinski definition) is 2. The largest absolute Gasteiger partial charge is 0.385 e. The van der Waals surface area contributed by atoms with Crippen LogP contribution in [0, 0.1) is 0 Å². The third-order valence-corrected chi connectivity index (χ3v) is 4.63. The van der Waals surface area contributed by atoms with Crippen molar-refractivity contribution in [1.29, 1.82) is 0 Å². The fourth-order valence-corrected chi connectivity index (χ4v) is 3.55. The van der Waals surface area contributed by atoms with Crippen LogP contribution in [0.2, 0.25) is 0 Å². The first kappa shape index (κ1) is 14.8. The molecule has 6 nitrogen and oxygen atoms in total. The molecule has 1 aliphatic rings. The number of nitrogens with two attached hydrogens (primary N) is 1. The van der Waals surface area contributed by atoms with E-state index < -0.39 is 10.2 Å². The van der Waals surface area contributed by atoms with E-state index in [1.165, 1.54) is 4.31 Å². The maximum absolute atomic E-state index is 12.0. The number of nitrogens with one attached hydrogen (secondary N) is 1. The number of rotatable bonds is 7. The molecule has 0 aromatic heterocycles. The lowest BCUT2D eigenvalue weighted by molar-refractivity contribution is 0.195. The van der Waals surface area contributed by atoms with Crippen molar-refractivity contribution in [2.75, 3.05) is 33.4 Å². The van der Waals surface area contributed by atoms with Gasteiger partial charge in [0, 0.05) is 39.4 Å². The number of nitrogens with zero attached hydrogens (tertiary/aromatic N) is 1. The average molecular weight is 265 g/mol. The Bertz CT molecular complexity index is 308. The predicted molar refractivity (Wildman–Crippen MR) is 66.8 cm³/mol. The van der Waals surface area contributed by atoms with E-state index in [1.807, 2.05) is 0 Å². The van der Waals surface area contributed by atoms with Crippen molar-refractivity contribution in [2.45, 2.75) is 31.7 Å². The van der Waals surface area contributed by atoms with E-state index in [4.69, 9.17) is 10.5 Å². The summed E-state index contributed by atoms with van der Waals surface area (Å²) in [7, 11) is -1.78. The molecule has 0 radical (unpaired) electrons. The topological polar surface area (TPSA) is 84.7 Å². The fourth-order valence-electron chi connectivity index (χ4n) is 2.03. The molecule has 0 aromatic carbocycles. The number of hydrogen-bond acceptors (Lipinski definition) is 4. The van der Waals surface area contributed by atoms with Crippen LogP contribution in [0.25, 0.3) is 0 Å². The molecular weight excluding hydrogens is 242 g/mol. The molecule has 0 aromatic rings. The lowest BCUT2D eigenvalue weighted by atomic mass is 10.1. The molecule has 7 heteroatoms. The Balaban J connectivity index is 2.49. The Kier molecular flexibility index (Phi) is 6.35. The summed E-state index contributed by atoms with van der Waals surface area (Å²) in [5.41, 5.74) is 5.61. The summed E-state index contributed by atoms with van der Waals surface area (Å²) in [4.78, 5) is 0. The first-order chi connectivity index (χ1) is 8.11. The van der Waals surface area contributed by atoms with E-state index in [-0.39, 0.29) is 6.04 Å². The van der Waals surface area contributed by atoms with Gasteiger partial charge < -0.3 is 10.5 Å². The first-order valence-corrected chi connectivity index (χ1v) is 7.51. The fraction of sp³-hybridized carbons (Fsp3) is 1.00. The van der Waals surface area contributed by atoms with Crippen LogP contribution in [-0.2, 0) is 14.9 Å². The van der Waals surface area contributed by atoms with E-state index in [9.17, 15) is 8.42 Å². The molecule has 1 atom stereocenters. The second-order valence-corrected chi connectivity index (χ2v) is 5.95. The van der Waals surface area contributed by atoms with Crippen molar-refractivity contribution in [3.05, 3.63) is 0 Å². The highest BCUT2D eigenvalue weighted by Crippen LogP contribution is 2.18. The summed E-state index contributed by atoms with van der Waals surface area (Å²) in [5, 5.41) is 0. The zero-order chi connectivity index (χ0) is 12.7. The van der Waals surface area contributed by atoms with Gasteiger partial charge in [-0.05, 0) is 19.3 Å². The molecule has 1 rings (SSSR count).